The molecule has 88 heavy (non-hydrogen) atoms. The lowest BCUT2D eigenvalue weighted by atomic mass is 10.0. The Morgan fingerprint density at radius 1 is 0.352 bits per heavy atom. The Morgan fingerprint density at radius 3 is 0.966 bits per heavy atom. The minimum atomic E-state index is -1.64. The van der Waals surface area contributed by atoms with Gasteiger partial charge in [-0.25, -0.2) is 0 Å². The molecule has 9 nitrogen and oxygen atoms in total. The first-order chi connectivity index (χ1) is 43.1. The van der Waals surface area contributed by atoms with E-state index >= 15 is 0 Å². The molecule has 0 radical (unpaired) electrons. The van der Waals surface area contributed by atoms with Crippen LogP contribution in [-0.4, -0.2) is 82.3 Å². The molecule has 0 aromatic carbocycles. The average molecular weight is 1220 g/mol. The molecule has 0 saturated carbocycles. The number of likely N-dealkylation sites (N-methyl/N-ethyl adjacent to an activating group) is 1. The summed E-state index contributed by atoms with van der Waals surface area (Å²) in [5, 5.41) is 11.8. The van der Waals surface area contributed by atoms with E-state index in [1.165, 1.54) is 122 Å². The van der Waals surface area contributed by atoms with E-state index in [1.54, 1.807) is 0 Å². The van der Waals surface area contributed by atoms with Gasteiger partial charge in [0, 0.05) is 12.8 Å². The Balaban J connectivity index is 4.22. The molecule has 0 aliphatic heterocycles. The van der Waals surface area contributed by atoms with Crippen LogP contribution < -0.4 is 5.11 Å². The highest BCUT2D eigenvalue weighted by Gasteiger charge is 2.22. The van der Waals surface area contributed by atoms with Crippen molar-refractivity contribution in [2.24, 2.45) is 0 Å². The number of carboxylic acid groups (broad SMARTS) is 1. The van der Waals surface area contributed by atoms with Crippen LogP contribution in [0.2, 0.25) is 0 Å². The lowest BCUT2D eigenvalue weighted by molar-refractivity contribution is -0.870. The molecule has 9 heteroatoms. The molecule has 0 N–H and O–H groups in total. The smallest absolute Gasteiger partial charge is 0.306 e. The van der Waals surface area contributed by atoms with Crippen molar-refractivity contribution >= 4 is 17.9 Å². The summed E-state index contributed by atoms with van der Waals surface area (Å²) in [7, 11) is 5.91. The van der Waals surface area contributed by atoms with E-state index in [-0.39, 0.29) is 38.6 Å². The first kappa shape index (κ1) is 83.2. The van der Waals surface area contributed by atoms with Crippen LogP contribution in [0.1, 0.15) is 277 Å². The van der Waals surface area contributed by atoms with Crippen LogP contribution in [0.5, 0.6) is 0 Å². The van der Waals surface area contributed by atoms with Crippen molar-refractivity contribution in [3.8, 4) is 0 Å². The number of carboxylic acids is 1. The molecular weight excluding hydrogens is 1090 g/mol. The van der Waals surface area contributed by atoms with Crippen molar-refractivity contribution in [2.45, 2.75) is 289 Å². The van der Waals surface area contributed by atoms with Crippen LogP contribution >= 0.6 is 0 Å². The van der Waals surface area contributed by atoms with Gasteiger partial charge in [-0.15, -0.1) is 0 Å². The van der Waals surface area contributed by atoms with Crippen LogP contribution in [0.4, 0.5) is 0 Å². The summed E-state index contributed by atoms with van der Waals surface area (Å²) in [4.78, 5) is 37.5. The second-order valence-corrected chi connectivity index (χ2v) is 24.4. The van der Waals surface area contributed by atoms with Crippen LogP contribution in [0.15, 0.2) is 146 Å². The zero-order valence-corrected chi connectivity index (χ0v) is 57.0. The highest BCUT2D eigenvalue weighted by atomic mass is 16.7. The summed E-state index contributed by atoms with van der Waals surface area (Å²) in [6.07, 6.45) is 96.4. The maximum atomic E-state index is 12.9. The third-order valence-electron chi connectivity index (χ3n) is 14.9. The molecule has 0 rings (SSSR count). The van der Waals surface area contributed by atoms with Crippen molar-refractivity contribution in [3.63, 3.8) is 0 Å². The minimum absolute atomic E-state index is 0.137. The number of carbonyl (C=O) groups excluding carboxylic acids is 3. The normalized spacial score (nSPS) is 13.6. The molecule has 0 aromatic rings. The SMILES string of the molecule is CC/C=C\C/C=C\C/C=C\C/C=C\C/C=C\C/C=C\C/C=C\C/C=C\C/C=C\C/C=C\C/C=C\C/C=C\CCCCCCC(=O)OC(COC(=O)CCCCCCCCCCCCCCCCCCCCCCCC)COC(OCC[N+](C)(C)C)C(=O)[O-]. The molecule has 0 spiro atoms. The number of unbranched alkanes of at least 4 members (excludes halogenated alkanes) is 25. The van der Waals surface area contributed by atoms with Gasteiger partial charge in [-0.05, 0) is 103 Å². The molecule has 0 aliphatic rings. The Morgan fingerprint density at radius 2 is 0.648 bits per heavy atom. The van der Waals surface area contributed by atoms with Crippen LogP contribution in [0, 0.1) is 0 Å². The van der Waals surface area contributed by atoms with Gasteiger partial charge in [0.25, 0.3) is 0 Å². The monoisotopic (exact) mass is 1220 g/mol. The van der Waals surface area contributed by atoms with E-state index in [9.17, 15) is 19.5 Å². The van der Waals surface area contributed by atoms with Gasteiger partial charge < -0.3 is 33.3 Å². The molecule has 0 fully saturated rings. The van der Waals surface area contributed by atoms with Gasteiger partial charge in [0.1, 0.15) is 13.2 Å². The van der Waals surface area contributed by atoms with E-state index in [0.29, 0.717) is 17.4 Å². The number of hydrogen-bond acceptors (Lipinski definition) is 8. The Labute approximate surface area is 541 Å². The summed E-state index contributed by atoms with van der Waals surface area (Å²) < 4.78 is 22.7. The first-order valence-electron chi connectivity index (χ1n) is 35.5. The summed E-state index contributed by atoms with van der Waals surface area (Å²) in [6.45, 7) is 4.62. The van der Waals surface area contributed by atoms with Gasteiger partial charge >= 0.3 is 11.9 Å². The fourth-order valence-electron chi connectivity index (χ4n) is 9.46. The van der Waals surface area contributed by atoms with E-state index in [4.69, 9.17) is 18.9 Å². The Kier molecular flexibility index (Phi) is 64.4. The van der Waals surface area contributed by atoms with Crippen LogP contribution in [0.25, 0.3) is 0 Å². The van der Waals surface area contributed by atoms with Gasteiger partial charge in [0.15, 0.2) is 12.4 Å². The molecule has 0 saturated heterocycles. The maximum Gasteiger partial charge on any atom is 0.306 e. The number of esters is 2. The van der Waals surface area contributed by atoms with E-state index in [1.807, 2.05) is 21.1 Å². The molecule has 2 atom stereocenters. The zero-order chi connectivity index (χ0) is 64.0. The molecule has 2 unspecified atom stereocenters. The van der Waals surface area contributed by atoms with E-state index in [2.05, 4.69) is 160 Å². The van der Waals surface area contributed by atoms with Gasteiger partial charge in [-0.1, -0.05) is 307 Å². The number of nitrogens with zero attached hydrogens (tertiary/aromatic N) is 1. The van der Waals surface area contributed by atoms with Gasteiger partial charge in [-0.3, -0.25) is 9.59 Å². The largest absolute Gasteiger partial charge is 0.545 e. The standard InChI is InChI=1S/C79H131NO8/c1-6-8-10-12-14-16-18-20-22-24-26-28-30-31-32-33-34-35-36-37-38-39-40-41-42-43-44-45-46-47-48-50-52-54-56-58-60-62-64-66-68-70-77(82)88-75(74-87-79(78(83)84)85-72-71-80(3,4)5)73-86-76(81)69-67-65-63-61-59-57-55-53-51-49-29-27-25-23-21-19-17-15-13-11-9-7-2/h8,10,14,16,20,22,26,28,31-32,34-35,37-38,40-41,43-44,46-47,50,52,56,58,75,79H,6-7,9,11-13,15,17-19,21,23-25,27,29-30,33,36,39,42,45,48-49,51,53-55,57,59-74H2,1-5H3/b10-8-,16-14-,22-20-,28-26-,32-31-,35-34-,38-37-,41-40-,44-43-,47-46-,52-50-,58-56-. The van der Waals surface area contributed by atoms with Crippen molar-refractivity contribution in [2.75, 3.05) is 47.5 Å². The highest BCUT2D eigenvalue weighted by Crippen LogP contribution is 2.17. The number of carbonyl (C=O) groups is 3. The number of aliphatic carboxylic acids is 1. The first-order valence-corrected chi connectivity index (χ1v) is 35.5. The van der Waals surface area contributed by atoms with Crippen LogP contribution in [0.3, 0.4) is 0 Å². The van der Waals surface area contributed by atoms with Gasteiger partial charge in [0.2, 0.25) is 0 Å². The number of allylic oxidation sites excluding steroid dienone is 24. The second-order valence-electron chi connectivity index (χ2n) is 24.4. The lowest BCUT2D eigenvalue weighted by Crippen LogP contribution is -2.44. The quantitative estimate of drug-likeness (QED) is 0.0195. The molecule has 0 amide bonds. The van der Waals surface area contributed by atoms with Crippen LogP contribution in [-0.2, 0) is 33.3 Å². The van der Waals surface area contributed by atoms with Crippen molar-refractivity contribution in [3.05, 3.63) is 146 Å². The fraction of sp³-hybridized carbons (Fsp3) is 0.658. The van der Waals surface area contributed by atoms with Crippen molar-refractivity contribution in [1.29, 1.82) is 0 Å². The molecule has 0 aromatic heterocycles. The topological polar surface area (TPSA) is 111 Å². The number of ether oxygens (including phenoxy) is 4. The lowest BCUT2D eigenvalue weighted by Gasteiger charge is -2.26. The predicted octanol–water partition coefficient (Wildman–Crippen LogP) is 21.0. The van der Waals surface area contributed by atoms with Crippen molar-refractivity contribution in [1.82, 2.24) is 0 Å². The molecule has 0 bridgehead atoms. The number of quaternary nitrogens is 1. The zero-order valence-electron chi connectivity index (χ0n) is 57.0. The Hall–Kier alpha value is -4.83. The van der Waals surface area contributed by atoms with E-state index in [0.717, 1.165) is 122 Å². The third-order valence-corrected chi connectivity index (χ3v) is 14.9. The number of hydrogen-bond donors (Lipinski definition) is 0. The third kappa shape index (κ3) is 68.7. The van der Waals surface area contributed by atoms with E-state index < -0.39 is 24.3 Å². The fourth-order valence-corrected chi connectivity index (χ4v) is 9.46. The van der Waals surface area contributed by atoms with Gasteiger partial charge in [0.05, 0.1) is 40.3 Å². The Bertz CT molecular complexity index is 1960. The summed E-state index contributed by atoms with van der Waals surface area (Å²) in [5.74, 6) is -2.32. The predicted molar refractivity (Wildman–Crippen MR) is 375 cm³/mol. The summed E-state index contributed by atoms with van der Waals surface area (Å²) >= 11 is 0. The van der Waals surface area contributed by atoms with Crippen molar-refractivity contribution < 1.29 is 42.9 Å². The average Bonchev–Trinajstić information content (AvgIpc) is 3.55. The molecule has 0 aliphatic carbocycles. The summed E-state index contributed by atoms with van der Waals surface area (Å²) in [6, 6.07) is 0. The molecule has 0 heterocycles. The minimum Gasteiger partial charge on any atom is -0.545 e. The summed E-state index contributed by atoms with van der Waals surface area (Å²) in [5.41, 5.74) is 0. The molecular formula is C79H131NO8. The molecule has 500 valence electrons. The van der Waals surface area contributed by atoms with Gasteiger partial charge in [-0.2, -0.15) is 0 Å². The number of rotatable bonds is 64. The second kappa shape index (κ2) is 68.1. The highest BCUT2D eigenvalue weighted by molar-refractivity contribution is 5.70. The maximum absolute atomic E-state index is 12.9.